The number of carbonyl (C=O) groups is 1. The molecule has 0 aliphatic carbocycles. The standard InChI is InChI=1S/C19H29F3N6O/c1-25-7-9-26(10-8-25)6-2-4-24-18(29)28-13-11-27(12-14-28)17-15-16(3-5-23-17)19(20,21)22/h3,5,15H,2,4,6-14H2,1H3,(H,24,29). The maximum atomic E-state index is 12.9. The second kappa shape index (κ2) is 9.62. The summed E-state index contributed by atoms with van der Waals surface area (Å²) in [5.74, 6) is 0.298. The number of anilines is 1. The average molecular weight is 414 g/mol. The number of alkyl halides is 3. The van der Waals surface area contributed by atoms with Crippen molar-refractivity contribution in [2.75, 3.05) is 77.4 Å². The van der Waals surface area contributed by atoms with Gasteiger partial charge in [-0.2, -0.15) is 13.2 Å². The first-order chi connectivity index (χ1) is 13.8. The zero-order valence-electron chi connectivity index (χ0n) is 16.8. The van der Waals surface area contributed by atoms with E-state index < -0.39 is 11.7 Å². The lowest BCUT2D eigenvalue weighted by Crippen LogP contribution is -2.52. The summed E-state index contributed by atoms with van der Waals surface area (Å²) < 4.78 is 38.6. The molecule has 2 amide bonds. The van der Waals surface area contributed by atoms with Crippen molar-refractivity contribution in [3.05, 3.63) is 23.9 Å². The Morgan fingerprint density at radius 3 is 2.45 bits per heavy atom. The van der Waals surface area contributed by atoms with Gasteiger partial charge >= 0.3 is 12.2 Å². The number of carbonyl (C=O) groups excluding carboxylic acids is 1. The summed E-state index contributed by atoms with van der Waals surface area (Å²) >= 11 is 0. The van der Waals surface area contributed by atoms with E-state index in [0.717, 1.165) is 51.3 Å². The molecule has 3 rings (SSSR count). The Bertz CT molecular complexity index is 670. The van der Waals surface area contributed by atoms with Crippen LogP contribution >= 0.6 is 0 Å². The van der Waals surface area contributed by atoms with Crippen LogP contribution in [0.1, 0.15) is 12.0 Å². The van der Waals surface area contributed by atoms with Crippen LogP contribution in [0.5, 0.6) is 0 Å². The summed E-state index contributed by atoms with van der Waals surface area (Å²) in [4.78, 5) is 24.6. The number of amides is 2. The topological polar surface area (TPSA) is 55.0 Å². The Morgan fingerprint density at radius 2 is 1.79 bits per heavy atom. The van der Waals surface area contributed by atoms with E-state index in [0.29, 0.717) is 38.5 Å². The molecular weight excluding hydrogens is 385 g/mol. The van der Waals surface area contributed by atoms with Crippen LogP contribution in [0.15, 0.2) is 18.3 Å². The minimum Gasteiger partial charge on any atom is -0.353 e. The number of likely N-dealkylation sites (N-methyl/N-ethyl adjacent to an activating group) is 1. The molecular formula is C19H29F3N6O. The Kier molecular flexibility index (Phi) is 7.18. The summed E-state index contributed by atoms with van der Waals surface area (Å²) in [5.41, 5.74) is -0.706. The van der Waals surface area contributed by atoms with Crippen LogP contribution in [0.3, 0.4) is 0 Å². The molecule has 2 aliphatic rings. The van der Waals surface area contributed by atoms with E-state index in [-0.39, 0.29) is 6.03 Å². The largest absolute Gasteiger partial charge is 0.416 e. The predicted molar refractivity (Wildman–Crippen MR) is 105 cm³/mol. The van der Waals surface area contributed by atoms with Gasteiger partial charge < -0.3 is 24.9 Å². The van der Waals surface area contributed by atoms with Gasteiger partial charge in [-0.1, -0.05) is 0 Å². The first-order valence-electron chi connectivity index (χ1n) is 10.0. The highest BCUT2D eigenvalue weighted by Gasteiger charge is 2.31. The molecule has 0 unspecified atom stereocenters. The number of halogens is 3. The molecule has 29 heavy (non-hydrogen) atoms. The zero-order chi connectivity index (χ0) is 20.9. The van der Waals surface area contributed by atoms with E-state index in [1.165, 1.54) is 6.20 Å². The number of hydrogen-bond acceptors (Lipinski definition) is 5. The molecule has 0 spiro atoms. The molecule has 2 fully saturated rings. The minimum absolute atomic E-state index is 0.111. The van der Waals surface area contributed by atoms with Crippen LogP contribution in [-0.2, 0) is 6.18 Å². The van der Waals surface area contributed by atoms with Gasteiger partial charge in [-0.05, 0) is 32.1 Å². The molecule has 2 saturated heterocycles. The first kappa shape index (κ1) is 21.6. The number of nitrogens with one attached hydrogen (secondary N) is 1. The fraction of sp³-hybridized carbons (Fsp3) is 0.684. The smallest absolute Gasteiger partial charge is 0.353 e. The lowest BCUT2D eigenvalue weighted by molar-refractivity contribution is -0.137. The van der Waals surface area contributed by atoms with Crippen molar-refractivity contribution < 1.29 is 18.0 Å². The fourth-order valence-corrected chi connectivity index (χ4v) is 3.59. The summed E-state index contributed by atoms with van der Waals surface area (Å²) in [7, 11) is 2.13. The normalized spacial score (nSPS) is 19.4. The number of rotatable bonds is 5. The number of nitrogens with zero attached hydrogens (tertiary/aromatic N) is 5. The molecule has 0 aromatic carbocycles. The molecule has 1 aromatic rings. The Hall–Kier alpha value is -2.07. The second-order valence-corrected chi connectivity index (χ2v) is 7.60. The van der Waals surface area contributed by atoms with Crippen molar-refractivity contribution in [3.8, 4) is 0 Å². The van der Waals surface area contributed by atoms with Gasteiger partial charge in [0.2, 0.25) is 0 Å². The van der Waals surface area contributed by atoms with E-state index in [4.69, 9.17) is 0 Å². The molecule has 0 saturated carbocycles. The summed E-state index contributed by atoms with van der Waals surface area (Å²) in [5, 5.41) is 2.95. The van der Waals surface area contributed by atoms with Gasteiger partial charge in [0.1, 0.15) is 5.82 Å². The van der Waals surface area contributed by atoms with E-state index >= 15 is 0 Å². The van der Waals surface area contributed by atoms with Crippen LogP contribution in [0.4, 0.5) is 23.8 Å². The van der Waals surface area contributed by atoms with E-state index in [2.05, 4.69) is 27.1 Å². The summed E-state index contributed by atoms with van der Waals surface area (Å²) in [6, 6.07) is 1.92. The van der Waals surface area contributed by atoms with Crippen LogP contribution in [0.2, 0.25) is 0 Å². The number of aromatic nitrogens is 1. The molecule has 10 heteroatoms. The van der Waals surface area contributed by atoms with Crippen molar-refractivity contribution >= 4 is 11.8 Å². The molecule has 0 bridgehead atoms. The molecule has 162 valence electrons. The average Bonchev–Trinajstić information content (AvgIpc) is 2.72. The number of pyridine rings is 1. The predicted octanol–water partition coefficient (Wildman–Crippen LogP) is 1.57. The number of urea groups is 1. The van der Waals surface area contributed by atoms with Crippen molar-refractivity contribution in [1.82, 2.24) is 25.0 Å². The molecule has 0 radical (unpaired) electrons. The third-order valence-corrected chi connectivity index (χ3v) is 5.49. The van der Waals surface area contributed by atoms with Gasteiger partial charge in [0.15, 0.2) is 0 Å². The molecule has 7 nitrogen and oxygen atoms in total. The highest BCUT2D eigenvalue weighted by molar-refractivity contribution is 5.74. The van der Waals surface area contributed by atoms with Crippen LogP contribution in [-0.4, -0.2) is 98.2 Å². The maximum Gasteiger partial charge on any atom is 0.416 e. The highest BCUT2D eigenvalue weighted by Crippen LogP contribution is 2.30. The SMILES string of the molecule is CN1CCN(CCCNC(=O)N2CCN(c3cc(C(F)(F)F)ccn3)CC2)CC1. The molecule has 1 N–H and O–H groups in total. The van der Waals surface area contributed by atoms with Crippen molar-refractivity contribution in [1.29, 1.82) is 0 Å². The Balaban J connectivity index is 1.37. The van der Waals surface area contributed by atoms with Crippen LogP contribution in [0.25, 0.3) is 0 Å². The fourth-order valence-electron chi connectivity index (χ4n) is 3.59. The molecule has 3 heterocycles. The van der Waals surface area contributed by atoms with Crippen molar-refractivity contribution in [2.45, 2.75) is 12.6 Å². The zero-order valence-corrected chi connectivity index (χ0v) is 16.8. The molecule has 1 aromatic heterocycles. The molecule has 0 atom stereocenters. The maximum absolute atomic E-state index is 12.9. The lowest BCUT2D eigenvalue weighted by Gasteiger charge is -2.35. The van der Waals surface area contributed by atoms with Gasteiger partial charge in [-0.15, -0.1) is 0 Å². The number of piperazine rings is 2. The van der Waals surface area contributed by atoms with Crippen molar-refractivity contribution in [3.63, 3.8) is 0 Å². The van der Waals surface area contributed by atoms with Crippen LogP contribution < -0.4 is 10.2 Å². The van der Waals surface area contributed by atoms with Gasteiger partial charge in [0.05, 0.1) is 5.56 Å². The third kappa shape index (κ3) is 6.20. The quantitative estimate of drug-likeness (QED) is 0.742. The Morgan fingerprint density at radius 1 is 1.10 bits per heavy atom. The molecule has 2 aliphatic heterocycles. The minimum atomic E-state index is -4.39. The third-order valence-electron chi connectivity index (χ3n) is 5.49. The monoisotopic (exact) mass is 414 g/mol. The first-order valence-corrected chi connectivity index (χ1v) is 10.0. The van der Waals surface area contributed by atoms with Crippen molar-refractivity contribution in [2.24, 2.45) is 0 Å². The van der Waals surface area contributed by atoms with E-state index in [1.54, 1.807) is 9.80 Å². The Labute approximate surface area is 169 Å². The number of hydrogen-bond donors (Lipinski definition) is 1. The lowest BCUT2D eigenvalue weighted by atomic mass is 10.2. The summed E-state index contributed by atoms with van der Waals surface area (Å²) in [6.45, 7) is 7.74. The van der Waals surface area contributed by atoms with E-state index in [1.807, 2.05) is 0 Å². The van der Waals surface area contributed by atoms with Gasteiger partial charge in [0.25, 0.3) is 0 Å². The highest BCUT2D eigenvalue weighted by atomic mass is 19.4. The van der Waals surface area contributed by atoms with Gasteiger partial charge in [0, 0.05) is 65.1 Å². The van der Waals surface area contributed by atoms with Gasteiger partial charge in [-0.25, -0.2) is 9.78 Å². The van der Waals surface area contributed by atoms with E-state index in [9.17, 15) is 18.0 Å². The van der Waals surface area contributed by atoms with Gasteiger partial charge in [-0.3, -0.25) is 0 Å². The second-order valence-electron chi connectivity index (χ2n) is 7.60. The summed E-state index contributed by atoms with van der Waals surface area (Å²) in [6.07, 6.45) is -2.30. The van der Waals surface area contributed by atoms with Crippen LogP contribution in [0, 0.1) is 0 Å².